The first-order valence-corrected chi connectivity index (χ1v) is 8.60. The minimum atomic E-state index is -0.250. The second kappa shape index (κ2) is 8.82. The van der Waals surface area contributed by atoms with Crippen LogP contribution in [-0.4, -0.2) is 11.9 Å². The molecule has 1 unspecified atom stereocenters. The van der Waals surface area contributed by atoms with Gasteiger partial charge in [0.15, 0.2) is 0 Å². The normalized spacial score (nSPS) is 12.0. The van der Waals surface area contributed by atoms with E-state index < -0.39 is 0 Å². The molecule has 0 radical (unpaired) electrons. The third-order valence-electron chi connectivity index (χ3n) is 3.74. The maximum atomic E-state index is 12.8. The summed E-state index contributed by atoms with van der Waals surface area (Å²) >= 11 is 3.42. The van der Waals surface area contributed by atoms with Crippen LogP contribution < -0.4 is 5.32 Å². The molecule has 0 spiro atoms. The number of hydrogen-bond donors (Lipinski definition) is 1. The Bertz CT molecular complexity index is 625. The molecule has 1 N–H and O–H groups in total. The summed E-state index contributed by atoms with van der Waals surface area (Å²) in [6.45, 7) is 2.02. The minimum Gasteiger partial charge on any atom is -0.354 e. The van der Waals surface area contributed by atoms with Gasteiger partial charge < -0.3 is 5.32 Å². The fraction of sp³-hybridized carbons (Fsp3) is 0.316. The highest BCUT2D eigenvalue weighted by Crippen LogP contribution is 2.12. The Hall–Kier alpha value is -1.68. The van der Waals surface area contributed by atoms with Crippen molar-refractivity contribution in [1.29, 1.82) is 0 Å². The van der Waals surface area contributed by atoms with E-state index in [0.29, 0.717) is 12.8 Å². The van der Waals surface area contributed by atoms with Gasteiger partial charge in [0.05, 0.1) is 0 Å². The van der Waals surface area contributed by atoms with Crippen molar-refractivity contribution in [2.45, 2.75) is 38.6 Å². The summed E-state index contributed by atoms with van der Waals surface area (Å²) in [5.74, 6) is -0.211. The molecule has 0 aliphatic carbocycles. The predicted octanol–water partition coefficient (Wildman–Crippen LogP) is 4.66. The van der Waals surface area contributed by atoms with E-state index in [2.05, 4.69) is 33.4 Å². The van der Waals surface area contributed by atoms with Crippen LogP contribution in [0.1, 0.15) is 30.9 Å². The molecule has 0 heterocycles. The Morgan fingerprint density at radius 1 is 1.04 bits per heavy atom. The number of amides is 1. The van der Waals surface area contributed by atoms with Crippen LogP contribution in [0.2, 0.25) is 0 Å². The lowest BCUT2D eigenvalue weighted by Crippen LogP contribution is -2.33. The number of hydrogen-bond acceptors (Lipinski definition) is 1. The van der Waals surface area contributed by atoms with Gasteiger partial charge in [-0.1, -0.05) is 40.2 Å². The fourth-order valence-electron chi connectivity index (χ4n) is 2.36. The maximum Gasteiger partial charge on any atom is 0.220 e. The van der Waals surface area contributed by atoms with Crippen LogP contribution in [-0.2, 0) is 17.6 Å². The number of rotatable bonds is 7. The molecule has 0 aliphatic rings. The number of nitrogens with one attached hydrogen (secondary N) is 1. The van der Waals surface area contributed by atoms with Crippen LogP contribution in [0.3, 0.4) is 0 Å². The van der Waals surface area contributed by atoms with E-state index in [1.54, 1.807) is 12.1 Å². The standard InChI is InChI=1S/C19H21BrFNO/c1-14(2-3-15-4-9-17(20)10-5-15)22-19(23)13-8-16-6-11-18(21)12-7-16/h4-7,9-12,14H,2-3,8,13H2,1H3,(H,22,23). The zero-order valence-corrected chi connectivity index (χ0v) is 14.8. The molecule has 2 nitrogen and oxygen atoms in total. The van der Waals surface area contributed by atoms with Crippen LogP contribution in [0.5, 0.6) is 0 Å². The van der Waals surface area contributed by atoms with Crippen molar-refractivity contribution in [3.63, 3.8) is 0 Å². The van der Waals surface area contributed by atoms with Gasteiger partial charge in [0, 0.05) is 16.9 Å². The molecule has 0 bridgehead atoms. The van der Waals surface area contributed by atoms with Crippen molar-refractivity contribution >= 4 is 21.8 Å². The summed E-state index contributed by atoms with van der Waals surface area (Å²) in [4.78, 5) is 12.0. The summed E-state index contributed by atoms with van der Waals surface area (Å²) in [6, 6.07) is 14.7. The first-order chi connectivity index (χ1) is 11.0. The first-order valence-electron chi connectivity index (χ1n) is 7.81. The summed E-state index contributed by atoms with van der Waals surface area (Å²) in [5.41, 5.74) is 2.24. The van der Waals surface area contributed by atoms with Crippen LogP contribution >= 0.6 is 15.9 Å². The first kappa shape index (κ1) is 17.7. The van der Waals surface area contributed by atoms with Crippen molar-refractivity contribution in [1.82, 2.24) is 5.32 Å². The Labute approximate surface area is 145 Å². The summed E-state index contributed by atoms with van der Waals surface area (Å²) < 4.78 is 13.9. The summed E-state index contributed by atoms with van der Waals surface area (Å²) in [6.07, 6.45) is 2.90. The van der Waals surface area contributed by atoms with Crippen molar-refractivity contribution in [2.24, 2.45) is 0 Å². The van der Waals surface area contributed by atoms with Gasteiger partial charge in [-0.3, -0.25) is 4.79 Å². The van der Waals surface area contributed by atoms with Crippen molar-refractivity contribution < 1.29 is 9.18 Å². The molecule has 1 amide bonds. The van der Waals surface area contributed by atoms with E-state index >= 15 is 0 Å². The Morgan fingerprint density at radius 2 is 1.61 bits per heavy atom. The third kappa shape index (κ3) is 6.53. The van der Waals surface area contributed by atoms with E-state index in [1.165, 1.54) is 17.7 Å². The zero-order chi connectivity index (χ0) is 16.7. The smallest absolute Gasteiger partial charge is 0.220 e. The van der Waals surface area contributed by atoms with Gasteiger partial charge in [-0.15, -0.1) is 0 Å². The quantitative estimate of drug-likeness (QED) is 0.746. The molecule has 0 fully saturated rings. The molecule has 2 aromatic carbocycles. The lowest BCUT2D eigenvalue weighted by Gasteiger charge is -2.14. The summed E-state index contributed by atoms with van der Waals surface area (Å²) in [5, 5.41) is 3.02. The molecule has 23 heavy (non-hydrogen) atoms. The lowest BCUT2D eigenvalue weighted by molar-refractivity contribution is -0.121. The third-order valence-corrected chi connectivity index (χ3v) is 4.27. The Balaban J connectivity index is 1.69. The molecular formula is C19H21BrFNO. The second-order valence-corrected chi connectivity index (χ2v) is 6.68. The van der Waals surface area contributed by atoms with E-state index in [-0.39, 0.29) is 17.8 Å². The molecule has 4 heteroatoms. The number of benzene rings is 2. The van der Waals surface area contributed by atoms with Gasteiger partial charge in [-0.25, -0.2) is 4.39 Å². The average molecular weight is 378 g/mol. The molecule has 1 atom stereocenters. The van der Waals surface area contributed by atoms with Gasteiger partial charge in [0.2, 0.25) is 5.91 Å². The minimum absolute atomic E-state index is 0.0395. The highest BCUT2D eigenvalue weighted by Gasteiger charge is 2.08. The van der Waals surface area contributed by atoms with E-state index in [4.69, 9.17) is 0 Å². The van der Waals surface area contributed by atoms with Gasteiger partial charge in [-0.05, 0) is 61.6 Å². The molecule has 0 aliphatic heterocycles. The molecule has 2 aromatic rings. The highest BCUT2D eigenvalue weighted by atomic mass is 79.9. The van der Waals surface area contributed by atoms with Crippen molar-refractivity contribution in [3.05, 3.63) is 69.9 Å². The monoisotopic (exact) mass is 377 g/mol. The van der Waals surface area contributed by atoms with Crippen LogP contribution in [0.4, 0.5) is 4.39 Å². The highest BCUT2D eigenvalue weighted by molar-refractivity contribution is 9.10. The molecule has 0 saturated heterocycles. The molecule has 0 saturated carbocycles. The van der Waals surface area contributed by atoms with E-state index in [0.717, 1.165) is 22.9 Å². The van der Waals surface area contributed by atoms with Gasteiger partial charge in [0.1, 0.15) is 5.82 Å². The van der Waals surface area contributed by atoms with Gasteiger partial charge in [0.25, 0.3) is 0 Å². The predicted molar refractivity (Wildman–Crippen MR) is 94.8 cm³/mol. The lowest BCUT2D eigenvalue weighted by atomic mass is 10.1. The van der Waals surface area contributed by atoms with Crippen LogP contribution in [0.15, 0.2) is 53.0 Å². The summed E-state index contributed by atoms with van der Waals surface area (Å²) in [7, 11) is 0. The zero-order valence-electron chi connectivity index (χ0n) is 13.2. The van der Waals surface area contributed by atoms with E-state index in [1.807, 2.05) is 19.1 Å². The van der Waals surface area contributed by atoms with Crippen LogP contribution in [0.25, 0.3) is 0 Å². The number of halogens is 2. The molecule has 0 aromatic heterocycles. The molecule has 122 valence electrons. The van der Waals surface area contributed by atoms with Gasteiger partial charge >= 0.3 is 0 Å². The molecular weight excluding hydrogens is 357 g/mol. The average Bonchev–Trinajstić information content (AvgIpc) is 2.54. The van der Waals surface area contributed by atoms with E-state index in [9.17, 15) is 9.18 Å². The molecule has 2 rings (SSSR count). The number of carbonyl (C=O) groups is 1. The van der Waals surface area contributed by atoms with Crippen molar-refractivity contribution in [2.75, 3.05) is 0 Å². The second-order valence-electron chi connectivity index (χ2n) is 5.76. The SMILES string of the molecule is CC(CCc1ccc(Br)cc1)NC(=O)CCc1ccc(F)cc1. The largest absolute Gasteiger partial charge is 0.354 e. The number of aryl methyl sites for hydroxylation is 2. The maximum absolute atomic E-state index is 12.8. The Kier molecular flexibility index (Phi) is 6.78. The Morgan fingerprint density at radius 3 is 2.26 bits per heavy atom. The fourth-order valence-corrected chi connectivity index (χ4v) is 2.63. The van der Waals surface area contributed by atoms with Crippen LogP contribution in [0, 0.1) is 5.82 Å². The topological polar surface area (TPSA) is 29.1 Å². The number of carbonyl (C=O) groups excluding carboxylic acids is 1. The van der Waals surface area contributed by atoms with Gasteiger partial charge in [-0.2, -0.15) is 0 Å². The van der Waals surface area contributed by atoms with Crippen molar-refractivity contribution in [3.8, 4) is 0 Å².